The van der Waals surface area contributed by atoms with E-state index in [1.54, 1.807) is 12.3 Å². The number of aryl methyl sites for hydroxylation is 2. The van der Waals surface area contributed by atoms with Crippen LogP contribution in [0.5, 0.6) is 0 Å². The predicted octanol–water partition coefficient (Wildman–Crippen LogP) is 5.08. The van der Waals surface area contributed by atoms with Crippen molar-refractivity contribution in [3.8, 4) is 0 Å². The van der Waals surface area contributed by atoms with E-state index in [4.69, 9.17) is 9.29 Å². The Morgan fingerprint density at radius 1 is 1.15 bits per heavy atom. The molecule has 2 N–H and O–H groups in total. The normalized spacial score (nSPS) is 14.8. The van der Waals surface area contributed by atoms with Crippen molar-refractivity contribution >= 4 is 26.7 Å². The Morgan fingerprint density at radius 2 is 1.88 bits per heavy atom. The molecule has 8 heteroatoms. The molecule has 0 aliphatic carbocycles. The minimum Gasteiger partial charge on any atom is -0.385 e. The number of anilines is 1. The van der Waals surface area contributed by atoms with E-state index in [0.717, 1.165) is 44.7 Å². The standard InChI is InChI=1S/C13H16N2O4S.C12H19N/c16-20(17,18)12-1-2-13-11(7-12)8-14-15(13)9-10-3-5-19-6-4-10;1-9(2)8-13-12-7-10(3)5-6-11(12)4/h1-2,7-8,10H,3-6,9H2,(H,16,17,18);5-7,9,13H,8H2,1-4H3. The van der Waals surface area contributed by atoms with Crippen molar-refractivity contribution in [2.75, 3.05) is 25.1 Å². The van der Waals surface area contributed by atoms with Gasteiger partial charge in [0, 0.05) is 37.4 Å². The molecule has 3 aromatic rings. The summed E-state index contributed by atoms with van der Waals surface area (Å²) in [4.78, 5) is -0.101. The van der Waals surface area contributed by atoms with Crippen LogP contribution < -0.4 is 5.32 Å². The average Bonchev–Trinajstić information content (AvgIpc) is 3.17. The number of nitrogens with one attached hydrogen (secondary N) is 1. The van der Waals surface area contributed by atoms with E-state index in [2.05, 4.69) is 56.3 Å². The number of ether oxygens (including phenoxy) is 1. The largest absolute Gasteiger partial charge is 0.385 e. The molecule has 7 nitrogen and oxygen atoms in total. The van der Waals surface area contributed by atoms with Crippen LogP contribution in [-0.4, -0.2) is 42.5 Å². The topological polar surface area (TPSA) is 93.5 Å². The highest BCUT2D eigenvalue weighted by molar-refractivity contribution is 7.85. The Kier molecular flexibility index (Phi) is 8.51. The smallest absolute Gasteiger partial charge is 0.294 e. The second-order valence-electron chi connectivity index (χ2n) is 9.17. The van der Waals surface area contributed by atoms with Gasteiger partial charge in [-0.15, -0.1) is 0 Å². The number of hydrogen-bond acceptors (Lipinski definition) is 5. The van der Waals surface area contributed by atoms with Crippen molar-refractivity contribution in [2.45, 2.75) is 52.0 Å². The fraction of sp³-hybridized carbons (Fsp3) is 0.480. The van der Waals surface area contributed by atoms with Crippen LogP contribution in [0.4, 0.5) is 5.69 Å². The molecule has 1 aliphatic heterocycles. The third-order valence-corrected chi connectivity index (χ3v) is 6.63. The Morgan fingerprint density at radius 3 is 2.55 bits per heavy atom. The summed E-state index contributed by atoms with van der Waals surface area (Å²) in [5, 5.41) is 8.48. The van der Waals surface area contributed by atoms with Gasteiger partial charge in [0.05, 0.1) is 16.6 Å². The Bertz CT molecular complexity index is 1170. The number of fused-ring (bicyclic) bond motifs is 1. The lowest BCUT2D eigenvalue weighted by atomic mass is 10.0. The summed E-state index contributed by atoms with van der Waals surface area (Å²) in [5.74, 6) is 1.23. The minimum atomic E-state index is -4.17. The fourth-order valence-corrected chi connectivity index (χ4v) is 4.30. The van der Waals surface area contributed by atoms with Crippen LogP contribution in [0.2, 0.25) is 0 Å². The third-order valence-electron chi connectivity index (χ3n) is 5.78. The lowest BCUT2D eigenvalue weighted by molar-refractivity contribution is 0.0605. The summed E-state index contributed by atoms with van der Waals surface area (Å²) in [7, 11) is -4.17. The van der Waals surface area contributed by atoms with Gasteiger partial charge < -0.3 is 10.1 Å². The number of rotatable bonds is 6. The van der Waals surface area contributed by atoms with Crippen LogP contribution in [0.15, 0.2) is 47.5 Å². The van der Waals surface area contributed by atoms with Crippen molar-refractivity contribution in [3.63, 3.8) is 0 Å². The summed E-state index contributed by atoms with van der Waals surface area (Å²) in [6, 6.07) is 11.0. The zero-order chi connectivity index (χ0) is 24.0. The maximum absolute atomic E-state index is 11.1. The Labute approximate surface area is 196 Å². The van der Waals surface area contributed by atoms with E-state index in [-0.39, 0.29) is 4.90 Å². The van der Waals surface area contributed by atoms with Gasteiger partial charge in [-0.25, -0.2) is 0 Å². The van der Waals surface area contributed by atoms with Gasteiger partial charge in [-0.1, -0.05) is 26.0 Å². The van der Waals surface area contributed by atoms with Gasteiger partial charge in [-0.3, -0.25) is 9.23 Å². The van der Waals surface area contributed by atoms with E-state index in [9.17, 15) is 8.42 Å². The van der Waals surface area contributed by atoms with Gasteiger partial charge in [0.1, 0.15) is 0 Å². The molecule has 180 valence electrons. The van der Waals surface area contributed by atoms with Gasteiger partial charge >= 0.3 is 0 Å². The molecule has 0 unspecified atom stereocenters. The molecule has 1 aromatic heterocycles. The summed E-state index contributed by atoms with van der Waals surface area (Å²) < 4.78 is 38.5. The second kappa shape index (κ2) is 11.1. The van der Waals surface area contributed by atoms with E-state index in [1.165, 1.54) is 28.9 Å². The van der Waals surface area contributed by atoms with Gasteiger partial charge in [-0.05, 0) is 73.9 Å². The molecule has 0 amide bonds. The number of benzene rings is 2. The van der Waals surface area contributed by atoms with E-state index in [1.807, 2.05) is 4.68 Å². The molecule has 33 heavy (non-hydrogen) atoms. The van der Waals surface area contributed by atoms with E-state index in [0.29, 0.717) is 17.2 Å². The first-order valence-electron chi connectivity index (χ1n) is 11.5. The Balaban J connectivity index is 0.000000205. The number of hydrogen-bond donors (Lipinski definition) is 2. The van der Waals surface area contributed by atoms with E-state index >= 15 is 0 Å². The van der Waals surface area contributed by atoms with Crippen molar-refractivity contribution in [1.82, 2.24) is 9.78 Å². The molecule has 0 spiro atoms. The molecule has 2 aromatic carbocycles. The number of nitrogens with zero attached hydrogens (tertiary/aromatic N) is 2. The molecule has 1 fully saturated rings. The monoisotopic (exact) mass is 473 g/mol. The summed E-state index contributed by atoms with van der Waals surface area (Å²) in [6.45, 7) is 12.1. The molecular formula is C25H35N3O4S. The van der Waals surface area contributed by atoms with Gasteiger partial charge in [-0.2, -0.15) is 13.5 Å². The first-order chi connectivity index (χ1) is 15.6. The predicted molar refractivity (Wildman–Crippen MR) is 132 cm³/mol. The summed E-state index contributed by atoms with van der Waals surface area (Å²) in [5.41, 5.74) is 4.79. The van der Waals surface area contributed by atoms with Crippen LogP contribution >= 0.6 is 0 Å². The molecule has 1 aliphatic rings. The van der Waals surface area contributed by atoms with Crippen molar-refractivity contribution in [1.29, 1.82) is 0 Å². The third kappa shape index (κ3) is 7.28. The maximum Gasteiger partial charge on any atom is 0.294 e. The molecule has 0 bridgehead atoms. The maximum atomic E-state index is 11.1. The molecule has 0 atom stereocenters. The summed E-state index contributed by atoms with van der Waals surface area (Å²) >= 11 is 0. The zero-order valence-electron chi connectivity index (χ0n) is 19.9. The first-order valence-corrected chi connectivity index (χ1v) is 12.9. The highest BCUT2D eigenvalue weighted by atomic mass is 32.2. The lowest BCUT2D eigenvalue weighted by Gasteiger charge is -2.22. The van der Waals surface area contributed by atoms with Crippen molar-refractivity contribution in [3.05, 3.63) is 53.7 Å². The zero-order valence-corrected chi connectivity index (χ0v) is 20.7. The van der Waals surface area contributed by atoms with Gasteiger partial charge in [0.15, 0.2) is 0 Å². The molecule has 0 radical (unpaired) electrons. The summed E-state index contributed by atoms with van der Waals surface area (Å²) in [6.07, 6.45) is 3.66. The van der Waals surface area contributed by atoms with Crippen LogP contribution in [-0.2, 0) is 21.4 Å². The van der Waals surface area contributed by atoms with Crippen LogP contribution in [0.25, 0.3) is 10.9 Å². The highest BCUT2D eigenvalue weighted by Gasteiger charge is 2.17. The van der Waals surface area contributed by atoms with Crippen LogP contribution in [0, 0.1) is 25.7 Å². The van der Waals surface area contributed by atoms with Crippen LogP contribution in [0.1, 0.15) is 37.8 Å². The van der Waals surface area contributed by atoms with Gasteiger partial charge in [0.25, 0.3) is 10.1 Å². The first kappa shape index (κ1) is 25.2. The Hall–Kier alpha value is -2.42. The molecular weight excluding hydrogens is 438 g/mol. The van der Waals surface area contributed by atoms with Gasteiger partial charge in [0.2, 0.25) is 0 Å². The molecule has 2 heterocycles. The van der Waals surface area contributed by atoms with Crippen molar-refractivity contribution in [2.24, 2.45) is 11.8 Å². The quantitative estimate of drug-likeness (QED) is 0.485. The second-order valence-corrected chi connectivity index (χ2v) is 10.6. The van der Waals surface area contributed by atoms with Crippen LogP contribution in [0.3, 0.4) is 0 Å². The minimum absolute atomic E-state index is 0.101. The molecule has 4 rings (SSSR count). The lowest BCUT2D eigenvalue weighted by Crippen LogP contribution is -2.20. The SMILES string of the molecule is Cc1ccc(C)c(NCC(C)C)c1.O=S(=O)(O)c1ccc2c(cnn2CC2CCOCC2)c1. The number of aromatic nitrogens is 2. The fourth-order valence-electron chi connectivity index (χ4n) is 3.79. The highest BCUT2D eigenvalue weighted by Crippen LogP contribution is 2.22. The molecule has 0 saturated carbocycles. The molecule has 1 saturated heterocycles. The average molecular weight is 474 g/mol. The van der Waals surface area contributed by atoms with E-state index < -0.39 is 10.1 Å². The van der Waals surface area contributed by atoms with Crippen molar-refractivity contribution < 1.29 is 17.7 Å².